The summed E-state index contributed by atoms with van der Waals surface area (Å²) < 4.78 is 14.1. The maximum atomic E-state index is 13.3. The molecule has 22 heavy (non-hydrogen) atoms. The fourth-order valence-corrected chi connectivity index (χ4v) is 2.31. The molecule has 2 aromatic carbocycles. The molecule has 0 fully saturated rings. The number of nitrogens with one attached hydrogen (secondary N) is 2. The van der Waals surface area contributed by atoms with Crippen LogP contribution in [0.2, 0.25) is 0 Å². The number of hydrogen-bond donors (Lipinski definition) is 2. The van der Waals surface area contributed by atoms with Crippen molar-refractivity contribution in [3.63, 3.8) is 0 Å². The van der Waals surface area contributed by atoms with Crippen LogP contribution in [0.5, 0.6) is 0 Å². The fourth-order valence-electron chi connectivity index (χ4n) is 1.95. The first kappa shape index (κ1) is 16.2. The second-order valence-corrected chi connectivity index (χ2v) is 5.70. The van der Waals surface area contributed by atoms with E-state index < -0.39 is 11.7 Å². The first-order valence-corrected chi connectivity index (χ1v) is 7.31. The van der Waals surface area contributed by atoms with Crippen LogP contribution in [-0.2, 0) is 4.79 Å². The van der Waals surface area contributed by atoms with Crippen molar-refractivity contribution in [1.29, 1.82) is 0 Å². The number of aryl methyl sites for hydroxylation is 1. The van der Waals surface area contributed by atoms with Crippen molar-refractivity contribution in [2.24, 2.45) is 0 Å². The molecule has 0 atom stereocenters. The van der Waals surface area contributed by atoms with Gasteiger partial charge in [0, 0.05) is 17.0 Å². The van der Waals surface area contributed by atoms with Crippen molar-refractivity contribution in [3.05, 3.63) is 57.8 Å². The van der Waals surface area contributed by atoms with Crippen molar-refractivity contribution in [1.82, 2.24) is 0 Å². The van der Waals surface area contributed by atoms with Crippen molar-refractivity contribution in [2.75, 3.05) is 10.6 Å². The standard InChI is InChI=1S/C16H14BrFN2O2/c1-9-3-5-12(18)8-13(9)16(22)20-15-7-11(17)4-6-14(15)19-10(2)21/h3-8H,1-2H3,(H,19,21)(H,20,22). The van der Waals surface area contributed by atoms with Crippen molar-refractivity contribution in [2.45, 2.75) is 13.8 Å². The van der Waals surface area contributed by atoms with Crippen LogP contribution >= 0.6 is 15.9 Å². The van der Waals surface area contributed by atoms with Crippen LogP contribution in [0.1, 0.15) is 22.8 Å². The van der Waals surface area contributed by atoms with Gasteiger partial charge in [0.05, 0.1) is 11.4 Å². The molecule has 0 aliphatic rings. The monoisotopic (exact) mass is 364 g/mol. The largest absolute Gasteiger partial charge is 0.325 e. The molecule has 0 unspecified atom stereocenters. The van der Waals surface area contributed by atoms with E-state index in [1.165, 1.54) is 19.1 Å². The molecule has 0 saturated heterocycles. The number of carbonyl (C=O) groups excluding carboxylic acids is 2. The molecule has 0 radical (unpaired) electrons. The van der Waals surface area contributed by atoms with Crippen molar-refractivity contribution < 1.29 is 14.0 Å². The summed E-state index contributed by atoms with van der Waals surface area (Å²) in [6.07, 6.45) is 0. The van der Waals surface area contributed by atoms with Crippen molar-refractivity contribution in [3.8, 4) is 0 Å². The average molecular weight is 365 g/mol. The van der Waals surface area contributed by atoms with Crippen LogP contribution in [0.4, 0.5) is 15.8 Å². The van der Waals surface area contributed by atoms with E-state index in [0.717, 1.165) is 4.47 Å². The molecular formula is C16H14BrFN2O2. The minimum Gasteiger partial charge on any atom is -0.325 e. The Labute approximate surface area is 135 Å². The minimum atomic E-state index is -0.480. The Morgan fingerprint density at radius 2 is 1.77 bits per heavy atom. The van der Waals surface area contributed by atoms with E-state index in [0.29, 0.717) is 16.9 Å². The molecular weight excluding hydrogens is 351 g/mol. The third-order valence-electron chi connectivity index (χ3n) is 2.98. The normalized spacial score (nSPS) is 10.2. The number of hydrogen-bond acceptors (Lipinski definition) is 2. The highest BCUT2D eigenvalue weighted by atomic mass is 79.9. The van der Waals surface area contributed by atoms with Crippen LogP contribution in [-0.4, -0.2) is 11.8 Å². The Hall–Kier alpha value is -2.21. The number of rotatable bonds is 3. The number of halogens is 2. The lowest BCUT2D eigenvalue weighted by Gasteiger charge is -2.13. The Kier molecular flexibility index (Phi) is 4.92. The predicted molar refractivity (Wildman–Crippen MR) is 87.5 cm³/mol. The highest BCUT2D eigenvalue weighted by Crippen LogP contribution is 2.27. The van der Waals surface area contributed by atoms with Gasteiger partial charge in [-0.25, -0.2) is 4.39 Å². The van der Waals surface area contributed by atoms with Gasteiger partial charge in [0.25, 0.3) is 5.91 Å². The van der Waals surface area contributed by atoms with Gasteiger partial charge in [0.1, 0.15) is 5.82 Å². The molecule has 2 amide bonds. The predicted octanol–water partition coefficient (Wildman–Crippen LogP) is 4.11. The molecule has 114 valence electrons. The van der Waals surface area contributed by atoms with E-state index in [9.17, 15) is 14.0 Å². The summed E-state index contributed by atoms with van der Waals surface area (Å²) >= 11 is 3.31. The molecule has 0 aromatic heterocycles. The van der Waals surface area contributed by atoms with E-state index >= 15 is 0 Å². The smallest absolute Gasteiger partial charge is 0.256 e. The van der Waals surface area contributed by atoms with Gasteiger partial charge < -0.3 is 10.6 Å². The third-order valence-corrected chi connectivity index (χ3v) is 3.48. The number of amides is 2. The van der Waals surface area contributed by atoms with E-state index in [4.69, 9.17) is 0 Å². The topological polar surface area (TPSA) is 58.2 Å². The molecule has 0 heterocycles. The molecule has 2 aromatic rings. The number of carbonyl (C=O) groups is 2. The van der Waals surface area contributed by atoms with Crippen LogP contribution in [0.15, 0.2) is 40.9 Å². The first-order valence-electron chi connectivity index (χ1n) is 6.51. The Balaban J connectivity index is 2.33. The van der Waals surface area contributed by atoms with Gasteiger partial charge >= 0.3 is 0 Å². The highest BCUT2D eigenvalue weighted by molar-refractivity contribution is 9.10. The molecule has 0 aliphatic heterocycles. The molecule has 0 bridgehead atoms. The van der Waals surface area contributed by atoms with Gasteiger partial charge in [0.2, 0.25) is 5.91 Å². The van der Waals surface area contributed by atoms with Gasteiger partial charge in [-0.3, -0.25) is 9.59 Å². The molecule has 2 N–H and O–H groups in total. The van der Waals surface area contributed by atoms with E-state index in [1.54, 1.807) is 31.2 Å². The van der Waals surface area contributed by atoms with Crippen LogP contribution in [0.25, 0.3) is 0 Å². The summed E-state index contributed by atoms with van der Waals surface area (Å²) in [6.45, 7) is 3.11. The Bertz CT molecular complexity index is 747. The molecule has 6 heteroatoms. The molecule has 0 aliphatic carbocycles. The van der Waals surface area contributed by atoms with Gasteiger partial charge in [-0.05, 0) is 42.8 Å². The van der Waals surface area contributed by atoms with Crippen LogP contribution in [0.3, 0.4) is 0 Å². The fraction of sp³-hybridized carbons (Fsp3) is 0.125. The summed E-state index contributed by atoms with van der Waals surface area (Å²) in [4.78, 5) is 23.6. The SMILES string of the molecule is CC(=O)Nc1ccc(Br)cc1NC(=O)c1cc(F)ccc1C. The third kappa shape index (κ3) is 3.92. The van der Waals surface area contributed by atoms with Gasteiger partial charge in [-0.2, -0.15) is 0 Å². The quantitative estimate of drug-likeness (QED) is 0.860. The van der Waals surface area contributed by atoms with Crippen LogP contribution in [0, 0.1) is 12.7 Å². The van der Waals surface area contributed by atoms with E-state index in [1.807, 2.05) is 0 Å². The van der Waals surface area contributed by atoms with Gasteiger partial charge in [-0.15, -0.1) is 0 Å². The number of benzene rings is 2. The maximum Gasteiger partial charge on any atom is 0.256 e. The zero-order chi connectivity index (χ0) is 16.3. The second kappa shape index (κ2) is 6.70. The van der Waals surface area contributed by atoms with E-state index in [-0.39, 0.29) is 11.5 Å². The van der Waals surface area contributed by atoms with Crippen molar-refractivity contribution >= 4 is 39.1 Å². The minimum absolute atomic E-state index is 0.244. The summed E-state index contributed by atoms with van der Waals surface area (Å²) in [7, 11) is 0. The zero-order valence-corrected chi connectivity index (χ0v) is 13.6. The van der Waals surface area contributed by atoms with Crippen LogP contribution < -0.4 is 10.6 Å². The maximum absolute atomic E-state index is 13.3. The van der Waals surface area contributed by atoms with E-state index in [2.05, 4.69) is 26.6 Å². The molecule has 2 rings (SSSR count). The Morgan fingerprint density at radius 3 is 2.45 bits per heavy atom. The summed E-state index contributed by atoms with van der Waals surface area (Å²) in [6, 6.07) is 9.10. The van der Waals surface area contributed by atoms with Gasteiger partial charge in [-0.1, -0.05) is 22.0 Å². The lowest BCUT2D eigenvalue weighted by Crippen LogP contribution is -2.16. The summed E-state index contributed by atoms with van der Waals surface area (Å²) in [5, 5.41) is 5.33. The number of anilines is 2. The molecule has 0 spiro atoms. The summed E-state index contributed by atoms with van der Waals surface area (Å²) in [5.41, 5.74) is 1.81. The molecule has 0 saturated carbocycles. The lowest BCUT2D eigenvalue weighted by molar-refractivity contribution is -0.114. The first-order chi connectivity index (χ1) is 10.4. The highest BCUT2D eigenvalue weighted by Gasteiger charge is 2.13. The molecule has 4 nitrogen and oxygen atoms in total. The second-order valence-electron chi connectivity index (χ2n) is 4.78. The Morgan fingerprint density at radius 1 is 1.05 bits per heavy atom. The average Bonchev–Trinajstić information content (AvgIpc) is 2.44. The lowest BCUT2D eigenvalue weighted by atomic mass is 10.1. The summed E-state index contributed by atoms with van der Waals surface area (Å²) in [5.74, 6) is -1.17. The van der Waals surface area contributed by atoms with Gasteiger partial charge in [0.15, 0.2) is 0 Å². The zero-order valence-electron chi connectivity index (χ0n) is 12.0.